The number of hydrogen-bond donors (Lipinski definition) is 0. The average molecular weight is 439 g/mol. The molecule has 2 unspecified atom stereocenters. The van der Waals surface area contributed by atoms with Crippen LogP contribution in [-0.4, -0.2) is 68.2 Å². The minimum Gasteiger partial charge on any atom is -0.497 e. The molecule has 2 aromatic carbocycles. The number of amides is 1. The number of carbonyl (C=O) groups excluding carboxylic acids is 3. The van der Waals surface area contributed by atoms with Crippen LogP contribution in [0.1, 0.15) is 34.5 Å². The number of aryl methyl sites for hydroxylation is 1. The molecule has 2 atom stereocenters. The molecule has 0 bridgehead atoms. The monoisotopic (exact) mass is 438 g/mol. The van der Waals surface area contributed by atoms with E-state index in [9.17, 15) is 14.4 Å². The van der Waals surface area contributed by atoms with Crippen LogP contribution in [0.4, 0.5) is 0 Å². The maximum Gasteiger partial charge on any atom is 0.291 e. The number of Topliss-reactive ketones (excluding diaryl/α,β-unsaturated/α-hetero) is 2. The molecule has 1 saturated heterocycles. The number of ketones is 2. The van der Waals surface area contributed by atoms with Crippen LogP contribution in [0, 0.1) is 12.8 Å². The highest BCUT2D eigenvalue weighted by Crippen LogP contribution is 2.39. The second-order valence-corrected chi connectivity index (χ2v) is 8.14. The van der Waals surface area contributed by atoms with Crippen molar-refractivity contribution in [3.63, 3.8) is 0 Å². The molecule has 0 aliphatic carbocycles. The SMILES string of the molecule is CCOc1ccc(C(=O)C2C(=O)C(=O)N(CCN(C)C)C2c2ccc(OC)cc2)cc1C. The van der Waals surface area contributed by atoms with Crippen molar-refractivity contribution in [1.29, 1.82) is 0 Å². The smallest absolute Gasteiger partial charge is 0.291 e. The first-order valence-electron chi connectivity index (χ1n) is 10.7. The second-order valence-electron chi connectivity index (χ2n) is 8.14. The quantitative estimate of drug-likeness (QED) is 0.340. The van der Waals surface area contributed by atoms with Crippen LogP contribution in [0.3, 0.4) is 0 Å². The fourth-order valence-electron chi connectivity index (χ4n) is 4.01. The van der Waals surface area contributed by atoms with Gasteiger partial charge in [-0.2, -0.15) is 0 Å². The van der Waals surface area contributed by atoms with Crippen LogP contribution in [0.2, 0.25) is 0 Å². The van der Waals surface area contributed by atoms with E-state index in [1.165, 1.54) is 4.90 Å². The van der Waals surface area contributed by atoms with Gasteiger partial charge in [-0.3, -0.25) is 14.4 Å². The Hall–Kier alpha value is -3.19. The summed E-state index contributed by atoms with van der Waals surface area (Å²) in [5.74, 6) is -1.39. The first-order valence-corrected chi connectivity index (χ1v) is 10.7. The van der Waals surface area contributed by atoms with Gasteiger partial charge in [0.2, 0.25) is 5.78 Å². The lowest BCUT2D eigenvalue weighted by atomic mass is 9.86. The average Bonchev–Trinajstić information content (AvgIpc) is 3.03. The zero-order chi connectivity index (χ0) is 23.4. The summed E-state index contributed by atoms with van der Waals surface area (Å²) >= 11 is 0. The van der Waals surface area contributed by atoms with Crippen LogP contribution in [0.25, 0.3) is 0 Å². The largest absolute Gasteiger partial charge is 0.497 e. The zero-order valence-corrected chi connectivity index (χ0v) is 19.3. The zero-order valence-electron chi connectivity index (χ0n) is 19.3. The Balaban J connectivity index is 2.01. The number of methoxy groups -OCH3 is 1. The van der Waals surface area contributed by atoms with Crippen molar-refractivity contribution in [2.45, 2.75) is 19.9 Å². The molecule has 0 saturated carbocycles. The van der Waals surface area contributed by atoms with Gasteiger partial charge in [0.15, 0.2) is 5.78 Å². The van der Waals surface area contributed by atoms with Gasteiger partial charge >= 0.3 is 0 Å². The second kappa shape index (κ2) is 9.96. The third-order valence-corrected chi connectivity index (χ3v) is 5.69. The Kier molecular flexibility index (Phi) is 7.30. The predicted octanol–water partition coefficient (Wildman–Crippen LogP) is 2.92. The van der Waals surface area contributed by atoms with Crippen molar-refractivity contribution in [3.05, 3.63) is 59.2 Å². The highest BCUT2D eigenvalue weighted by molar-refractivity contribution is 6.44. The third-order valence-electron chi connectivity index (χ3n) is 5.69. The minimum atomic E-state index is -1.10. The van der Waals surface area contributed by atoms with Crippen molar-refractivity contribution in [3.8, 4) is 11.5 Å². The summed E-state index contributed by atoms with van der Waals surface area (Å²) in [4.78, 5) is 43.0. The van der Waals surface area contributed by atoms with Gasteiger partial charge in [0, 0.05) is 18.7 Å². The van der Waals surface area contributed by atoms with E-state index in [0.29, 0.717) is 36.8 Å². The number of carbonyl (C=O) groups is 3. The molecule has 1 amide bonds. The van der Waals surface area contributed by atoms with Crippen molar-refractivity contribution < 1.29 is 23.9 Å². The van der Waals surface area contributed by atoms with E-state index >= 15 is 0 Å². The maximum absolute atomic E-state index is 13.5. The van der Waals surface area contributed by atoms with Crippen molar-refractivity contribution in [2.24, 2.45) is 5.92 Å². The normalized spacial score (nSPS) is 18.4. The summed E-state index contributed by atoms with van der Waals surface area (Å²) < 4.78 is 10.8. The number of benzene rings is 2. The van der Waals surface area contributed by atoms with E-state index in [2.05, 4.69) is 0 Å². The lowest BCUT2D eigenvalue weighted by Crippen LogP contribution is -2.36. The van der Waals surface area contributed by atoms with Gasteiger partial charge in [-0.1, -0.05) is 12.1 Å². The van der Waals surface area contributed by atoms with E-state index in [1.807, 2.05) is 45.0 Å². The number of nitrogens with zero attached hydrogens (tertiary/aromatic N) is 2. The van der Waals surface area contributed by atoms with Crippen LogP contribution in [-0.2, 0) is 9.59 Å². The van der Waals surface area contributed by atoms with Gasteiger partial charge in [-0.15, -0.1) is 0 Å². The maximum atomic E-state index is 13.5. The fraction of sp³-hybridized carbons (Fsp3) is 0.400. The number of ether oxygens (including phenoxy) is 2. The molecule has 1 heterocycles. The van der Waals surface area contributed by atoms with Gasteiger partial charge < -0.3 is 19.3 Å². The van der Waals surface area contributed by atoms with Crippen molar-refractivity contribution in [1.82, 2.24) is 9.80 Å². The number of likely N-dealkylation sites (N-methyl/N-ethyl adjacent to an activating group) is 1. The molecule has 32 heavy (non-hydrogen) atoms. The minimum absolute atomic E-state index is 0.348. The van der Waals surface area contributed by atoms with E-state index in [4.69, 9.17) is 9.47 Å². The highest BCUT2D eigenvalue weighted by Gasteiger charge is 2.51. The van der Waals surface area contributed by atoms with Gasteiger partial charge in [-0.25, -0.2) is 0 Å². The first-order chi connectivity index (χ1) is 15.3. The molecular formula is C25H30N2O5. The van der Waals surface area contributed by atoms with Gasteiger partial charge in [0.05, 0.1) is 19.8 Å². The summed E-state index contributed by atoms with van der Waals surface area (Å²) in [6.07, 6.45) is 0. The lowest BCUT2D eigenvalue weighted by Gasteiger charge is -2.28. The Morgan fingerprint density at radius 3 is 2.34 bits per heavy atom. The molecule has 0 aromatic heterocycles. The Morgan fingerprint density at radius 1 is 1.09 bits per heavy atom. The molecule has 170 valence electrons. The van der Waals surface area contributed by atoms with Gasteiger partial charge in [0.25, 0.3) is 5.91 Å². The van der Waals surface area contributed by atoms with Crippen LogP contribution >= 0.6 is 0 Å². The fourth-order valence-corrected chi connectivity index (χ4v) is 4.01. The van der Waals surface area contributed by atoms with Crippen molar-refractivity contribution in [2.75, 3.05) is 40.9 Å². The lowest BCUT2D eigenvalue weighted by molar-refractivity contribution is -0.140. The number of likely N-dealkylation sites (tertiary alicyclic amines) is 1. The van der Waals surface area contributed by atoms with Crippen molar-refractivity contribution >= 4 is 17.5 Å². The van der Waals surface area contributed by atoms with E-state index in [1.54, 1.807) is 37.4 Å². The summed E-state index contributed by atoms with van der Waals surface area (Å²) in [6.45, 7) is 5.19. The number of rotatable bonds is 9. The number of hydrogen-bond acceptors (Lipinski definition) is 6. The van der Waals surface area contributed by atoms with E-state index < -0.39 is 23.7 Å². The molecule has 1 aliphatic heterocycles. The van der Waals surface area contributed by atoms with Gasteiger partial charge in [0.1, 0.15) is 17.4 Å². The standard InChI is InChI=1S/C25H30N2O5/c1-6-32-20-12-9-18(15-16(20)2)23(28)21-22(17-7-10-19(31-5)11-8-17)27(14-13-26(3)4)25(30)24(21)29/h7-12,15,21-22H,6,13-14H2,1-5H3. The molecule has 0 N–H and O–H groups in total. The molecule has 3 rings (SSSR count). The molecule has 7 nitrogen and oxygen atoms in total. The molecule has 2 aromatic rings. The van der Waals surface area contributed by atoms with Crippen LogP contribution in [0.5, 0.6) is 11.5 Å². The molecule has 1 aliphatic rings. The van der Waals surface area contributed by atoms with Crippen LogP contribution < -0.4 is 9.47 Å². The summed E-state index contributed by atoms with van der Waals surface area (Å²) in [5.41, 5.74) is 1.93. The summed E-state index contributed by atoms with van der Waals surface area (Å²) in [7, 11) is 5.37. The van der Waals surface area contributed by atoms with Gasteiger partial charge in [-0.05, 0) is 69.4 Å². The highest BCUT2D eigenvalue weighted by atomic mass is 16.5. The Labute approximate surface area is 188 Å². The van der Waals surface area contributed by atoms with Crippen LogP contribution in [0.15, 0.2) is 42.5 Å². The Bertz CT molecular complexity index is 1000. The topological polar surface area (TPSA) is 76.2 Å². The summed E-state index contributed by atoms with van der Waals surface area (Å²) in [5, 5.41) is 0. The molecular weight excluding hydrogens is 408 g/mol. The molecule has 7 heteroatoms. The third kappa shape index (κ3) is 4.67. The van der Waals surface area contributed by atoms with E-state index in [0.717, 1.165) is 11.1 Å². The Morgan fingerprint density at radius 2 is 1.78 bits per heavy atom. The predicted molar refractivity (Wildman–Crippen MR) is 121 cm³/mol. The first kappa shape index (κ1) is 23.5. The molecule has 1 fully saturated rings. The molecule has 0 spiro atoms. The molecule has 0 radical (unpaired) electrons. The van der Waals surface area contributed by atoms with E-state index in [-0.39, 0.29) is 5.78 Å². The summed E-state index contributed by atoms with van der Waals surface area (Å²) in [6, 6.07) is 11.6.